The van der Waals surface area contributed by atoms with Gasteiger partial charge in [0, 0.05) is 18.0 Å². The lowest BCUT2D eigenvalue weighted by atomic mass is 9.96. The quantitative estimate of drug-likeness (QED) is 0.722. The second-order valence-electron chi connectivity index (χ2n) is 3.10. The lowest BCUT2D eigenvalue weighted by molar-refractivity contribution is 0.115. The number of nitrogens with two attached hydrogens (primary N) is 1. The summed E-state index contributed by atoms with van der Waals surface area (Å²) in [5.41, 5.74) is 6.28. The van der Waals surface area contributed by atoms with Crippen LogP contribution in [0.5, 0.6) is 5.88 Å². The van der Waals surface area contributed by atoms with Crippen molar-refractivity contribution in [2.45, 2.75) is 25.4 Å². The lowest BCUT2D eigenvalue weighted by Crippen LogP contribution is -2.24. The number of ether oxygens (including phenoxy) is 1. The molecule has 0 aromatic carbocycles. The maximum absolute atomic E-state index is 5.57. The van der Waals surface area contributed by atoms with Crippen LogP contribution in [-0.2, 0) is 0 Å². The van der Waals surface area contributed by atoms with Crippen molar-refractivity contribution in [2.75, 3.05) is 5.73 Å². The summed E-state index contributed by atoms with van der Waals surface area (Å²) in [6.07, 6.45) is 5.61. The molecule has 12 heavy (non-hydrogen) atoms. The fraction of sp³-hybridized carbons (Fsp3) is 0.444. The van der Waals surface area contributed by atoms with Crippen molar-refractivity contribution in [2.24, 2.45) is 0 Å². The van der Waals surface area contributed by atoms with Crippen molar-refractivity contribution < 1.29 is 4.74 Å². The van der Waals surface area contributed by atoms with Gasteiger partial charge in [-0.2, -0.15) is 0 Å². The van der Waals surface area contributed by atoms with Gasteiger partial charge in [-0.1, -0.05) is 0 Å². The summed E-state index contributed by atoms with van der Waals surface area (Å²) in [4.78, 5) is 4.06. The van der Waals surface area contributed by atoms with Crippen LogP contribution in [0, 0.1) is 0 Å². The van der Waals surface area contributed by atoms with Crippen LogP contribution in [0.15, 0.2) is 18.3 Å². The molecule has 2 N–H and O–H groups in total. The first kappa shape index (κ1) is 7.40. The molecule has 1 heterocycles. The Morgan fingerprint density at radius 1 is 1.50 bits per heavy atom. The van der Waals surface area contributed by atoms with Crippen LogP contribution in [0.1, 0.15) is 19.3 Å². The Morgan fingerprint density at radius 2 is 2.33 bits per heavy atom. The first-order valence-corrected chi connectivity index (χ1v) is 4.23. The van der Waals surface area contributed by atoms with Gasteiger partial charge in [-0.15, -0.1) is 0 Å². The van der Waals surface area contributed by atoms with E-state index >= 15 is 0 Å². The Morgan fingerprint density at radius 3 is 2.92 bits per heavy atom. The second-order valence-corrected chi connectivity index (χ2v) is 3.10. The number of hydrogen-bond acceptors (Lipinski definition) is 3. The fourth-order valence-electron chi connectivity index (χ4n) is 1.15. The van der Waals surface area contributed by atoms with E-state index in [-0.39, 0.29) is 0 Å². The standard InChI is InChI=1S/C9H12N2O/c10-7-4-5-11-9(6-7)12-8-2-1-3-8/h4-6,8H,1-3H2,(H2,10,11). The molecule has 0 spiro atoms. The van der Waals surface area contributed by atoms with Crippen LogP contribution in [-0.4, -0.2) is 11.1 Å². The largest absolute Gasteiger partial charge is 0.474 e. The van der Waals surface area contributed by atoms with Gasteiger partial charge in [0.25, 0.3) is 0 Å². The summed E-state index contributed by atoms with van der Waals surface area (Å²) < 4.78 is 5.54. The minimum absolute atomic E-state index is 0.374. The molecule has 3 heteroatoms. The van der Waals surface area contributed by atoms with E-state index in [1.807, 2.05) is 0 Å². The molecule has 0 amide bonds. The Labute approximate surface area is 71.6 Å². The summed E-state index contributed by atoms with van der Waals surface area (Å²) in [5, 5.41) is 0. The third-order valence-electron chi connectivity index (χ3n) is 2.10. The van der Waals surface area contributed by atoms with E-state index < -0.39 is 0 Å². The zero-order chi connectivity index (χ0) is 8.39. The molecule has 1 aromatic rings. The van der Waals surface area contributed by atoms with Gasteiger partial charge in [-0.05, 0) is 25.3 Å². The molecular formula is C9H12N2O. The second kappa shape index (κ2) is 3.01. The first-order chi connectivity index (χ1) is 5.84. The SMILES string of the molecule is Nc1ccnc(OC2CCC2)c1. The molecule has 0 saturated heterocycles. The van der Waals surface area contributed by atoms with Gasteiger partial charge in [0.15, 0.2) is 0 Å². The summed E-state index contributed by atoms with van der Waals surface area (Å²) in [7, 11) is 0. The van der Waals surface area contributed by atoms with Crippen molar-refractivity contribution >= 4 is 5.69 Å². The monoisotopic (exact) mass is 164 g/mol. The molecule has 1 aliphatic carbocycles. The van der Waals surface area contributed by atoms with E-state index in [4.69, 9.17) is 10.5 Å². The normalized spacial score (nSPS) is 17.0. The van der Waals surface area contributed by atoms with Crippen LogP contribution in [0.2, 0.25) is 0 Å². The third-order valence-corrected chi connectivity index (χ3v) is 2.10. The minimum Gasteiger partial charge on any atom is -0.474 e. The number of pyridine rings is 1. The molecule has 2 rings (SSSR count). The first-order valence-electron chi connectivity index (χ1n) is 4.23. The molecule has 3 nitrogen and oxygen atoms in total. The highest BCUT2D eigenvalue weighted by Gasteiger charge is 2.19. The molecule has 1 saturated carbocycles. The van der Waals surface area contributed by atoms with Gasteiger partial charge < -0.3 is 10.5 Å². The van der Waals surface area contributed by atoms with Crippen LogP contribution in [0.4, 0.5) is 5.69 Å². The number of hydrogen-bond donors (Lipinski definition) is 1. The fourth-order valence-corrected chi connectivity index (χ4v) is 1.15. The maximum Gasteiger partial charge on any atom is 0.215 e. The van der Waals surface area contributed by atoms with E-state index in [0.717, 1.165) is 12.8 Å². The Hall–Kier alpha value is -1.25. The van der Waals surface area contributed by atoms with E-state index in [2.05, 4.69) is 4.98 Å². The number of anilines is 1. The number of rotatable bonds is 2. The van der Waals surface area contributed by atoms with Crippen molar-refractivity contribution in [3.05, 3.63) is 18.3 Å². The molecule has 0 unspecified atom stereocenters. The predicted octanol–water partition coefficient (Wildman–Crippen LogP) is 1.60. The van der Waals surface area contributed by atoms with Crippen molar-refractivity contribution in [3.63, 3.8) is 0 Å². The third kappa shape index (κ3) is 1.49. The molecule has 0 radical (unpaired) electrons. The van der Waals surface area contributed by atoms with Gasteiger partial charge in [-0.25, -0.2) is 4.98 Å². The molecule has 1 fully saturated rings. The van der Waals surface area contributed by atoms with E-state index in [1.165, 1.54) is 6.42 Å². The van der Waals surface area contributed by atoms with Crippen LogP contribution < -0.4 is 10.5 Å². The van der Waals surface area contributed by atoms with Crippen molar-refractivity contribution in [3.8, 4) is 5.88 Å². The lowest BCUT2D eigenvalue weighted by Gasteiger charge is -2.25. The minimum atomic E-state index is 0.374. The molecule has 1 aliphatic rings. The average molecular weight is 164 g/mol. The topological polar surface area (TPSA) is 48.1 Å². The highest BCUT2D eigenvalue weighted by Crippen LogP contribution is 2.24. The van der Waals surface area contributed by atoms with Crippen LogP contribution in [0.25, 0.3) is 0 Å². The Balaban J connectivity index is 2.02. The van der Waals surface area contributed by atoms with E-state index in [1.54, 1.807) is 18.3 Å². The van der Waals surface area contributed by atoms with Gasteiger partial charge >= 0.3 is 0 Å². The average Bonchev–Trinajstić information content (AvgIpc) is 1.97. The van der Waals surface area contributed by atoms with E-state index in [0.29, 0.717) is 17.7 Å². The van der Waals surface area contributed by atoms with Crippen LogP contribution in [0.3, 0.4) is 0 Å². The molecule has 0 aliphatic heterocycles. The van der Waals surface area contributed by atoms with Gasteiger partial charge in [0.1, 0.15) is 6.10 Å². The van der Waals surface area contributed by atoms with E-state index in [9.17, 15) is 0 Å². The predicted molar refractivity (Wildman–Crippen MR) is 46.9 cm³/mol. The van der Waals surface area contributed by atoms with Crippen molar-refractivity contribution in [1.29, 1.82) is 0 Å². The van der Waals surface area contributed by atoms with Crippen LogP contribution >= 0.6 is 0 Å². The zero-order valence-electron chi connectivity index (χ0n) is 6.86. The zero-order valence-corrected chi connectivity index (χ0v) is 6.86. The van der Waals surface area contributed by atoms with Crippen molar-refractivity contribution in [1.82, 2.24) is 4.98 Å². The van der Waals surface area contributed by atoms with Gasteiger partial charge in [0.2, 0.25) is 5.88 Å². The maximum atomic E-state index is 5.57. The molecule has 0 bridgehead atoms. The molecular weight excluding hydrogens is 152 g/mol. The highest BCUT2D eigenvalue weighted by atomic mass is 16.5. The van der Waals surface area contributed by atoms with Gasteiger partial charge in [-0.3, -0.25) is 0 Å². The summed E-state index contributed by atoms with van der Waals surface area (Å²) in [5.74, 6) is 0.653. The molecule has 0 atom stereocenters. The molecule has 1 aromatic heterocycles. The summed E-state index contributed by atoms with van der Waals surface area (Å²) in [6, 6.07) is 3.52. The Kier molecular flexibility index (Phi) is 1.86. The summed E-state index contributed by atoms with van der Waals surface area (Å²) in [6.45, 7) is 0. The highest BCUT2D eigenvalue weighted by molar-refractivity contribution is 5.39. The Bertz CT molecular complexity index is 271. The smallest absolute Gasteiger partial charge is 0.215 e. The van der Waals surface area contributed by atoms with Gasteiger partial charge in [0.05, 0.1) is 0 Å². The molecule has 64 valence electrons. The number of nitrogen functional groups attached to an aromatic ring is 1. The number of nitrogens with zero attached hydrogens (tertiary/aromatic N) is 1. The number of aromatic nitrogens is 1. The summed E-state index contributed by atoms with van der Waals surface area (Å²) >= 11 is 0.